The summed E-state index contributed by atoms with van der Waals surface area (Å²) in [6, 6.07) is 16.1. The molecule has 0 bridgehead atoms. The molecule has 0 aliphatic heterocycles. The van der Waals surface area contributed by atoms with Crippen LogP contribution in [0.2, 0.25) is 0 Å². The number of hydrogen-bond donors (Lipinski definition) is 0. The number of hydrogen-bond acceptors (Lipinski definition) is 7. The summed E-state index contributed by atoms with van der Waals surface area (Å²) in [6.45, 7) is 0. The van der Waals surface area contributed by atoms with Crippen molar-refractivity contribution in [3.63, 3.8) is 0 Å². The number of thiazole rings is 1. The molecule has 10 heteroatoms. The Kier molecular flexibility index (Phi) is 5.09. The first-order chi connectivity index (χ1) is 16.4. The van der Waals surface area contributed by atoms with Gasteiger partial charge < -0.3 is 8.83 Å². The number of aromatic nitrogens is 3. The lowest BCUT2D eigenvalue weighted by Crippen LogP contribution is -2.04. The van der Waals surface area contributed by atoms with Gasteiger partial charge in [0, 0.05) is 31.3 Å². The Morgan fingerprint density at radius 3 is 1.97 bits per heavy atom. The lowest BCUT2D eigenvalue weighted by Gasteiger charge is -2.01. The number of rotatable bonds is 3. The molecule has 0 N–H and O–H groups in total. The zero-order valence-corrected chi connectivity index (χ0v) is 21.0. The minimum absolute atomic E-state index is 0.349. The smallest absolute Gasteiger partial charge is 0.345 e. The van der Waals surface area contributed by atoms with Crippen molar-refractivity contribution in [3.05, 3.63) is 96.0 Å². The molecule has 34 heavy (non-hydrogen) atoms. The fourth-order valence-electron chi connectivity index (χ4n) is 3.61. The van der Waals surface area contributed by atoms with Crippen molar-refractivity contribution in [2.24, 2.45) is 0 Å². The maximum absolute atomic E-state index is 12.5. The van der Waals surface area contributed by atoms with Gasteiger partial charge in [-0.25, -0.2) is 19.3 Å². The van der Waals surface area contributed by atoms with Crippen molar-refractivity contribution in [1.82, 2.24) is 14.8 Å². The summed E-state index contributed by atoms with van der Waals surface area (Å²) in [7, 11) is 0. The highest BCUT2D eigenvalue weighted by Gasteiger charge is 2.15. The first-order valence-corrected chi connectivity index (χ1v) is 12.4. The molecule has 0 aliphatic rings. The van der Waals surface area contributed by atoms with Crippen LogP contribution in [0.5, 0.6) is 0 Å². The molecule has 0 amide bonds. The Labute approximate surface area is 211 Å². The molecule has 6 rings (SSSR count). The fourth-order valence-corrected chi connectivity index (χ4v) is 5.13. The molecular formula is C24H11Br2N3O4S. The van der Waals surface area contributed by atoms with Crippen LogP contribution in [-0.2, 0) is 0 Å². The third-order valence-electron chi connectivity index (χ3n) is 5.22. The van der Waals surface area contributed by atoms with Gasteiger partial charge in [-0.3, -0.25) is 0 Å². The van der Waals surface area contributed by atoms with Crippen LogP contribution in [0.3, 0.4) is 0 Å². The van der Waals surface area contributed by atoms with E-state index in [1.54, 1.807) is 46.6 Å². The topological polar surface area (TPSA) is 91.1 Å². The molecule has 2 aromatic carbocycles. The van der Waals surface area contributed by atoms with Crippen LogP contribution < -0.4 is 11.3 Å². The standard InChI is InChI=1S/C24H11Br2N3O4S/c25-14-1-3-20-12(7-14)9-16(22(30)32-20)18-5-6-29(28-18)24-27-19(11-34-24)17-10-13-8-15(26)2-4-21(13)33-23(17)31/h1-11H. The van der Waals surface area contributed by atoms with E-state index in [9.17, 15) is 9.59 Å². The second-order valence-corrected chi connectivity index (χ2v) is 10.1. The molecule has 0 spiro atoms. The van der Waals surface area contributed by atoms with E-state index in [0.717, 1.165) is 19.7 Å². The van der Waals surface area contributed by atoms with Crippen LogP contribution in [0.4, 0.5) is 0 Å². The van der Waals surface area contributed by atoms with E-state index in [1.807, 2.05) is 24.3 Å². The van der Waals surface area contributed by atoms with Crippen molar-refractivity contribution in [3.8, 4) is 27.6 Å². The molecule has 0 atom stereocenters. The summed E-state index contributed by atoms with van der Waals surface area (Å²) in [5.74, 6) is 0. The van der Waals surface area contributed by atoms with Crippen LogP contribution in [0.25, 0.3) is 49.6 Å². The first kappa shape index (κ1) is 21.2. The fraction of sp³-hybridized carbons (Fsp3) is 0. The minimum atomic E-state index is -0.472. The van der Waals surface area contributed by atoms with Gasteiger partial charge in [0.15, 0.2) is 0 Å². The van der Waals surface area contributed by atoms with Crippen LogP contribution >= 0.6 is 43.2 Å². The number of nitrogens with zero attached hydrogens (tertiary/aromatic N) is 3. The summed E-state index contributed by atoms with van der Waals surface area (Å²) >= 11 is 8.19. The minimum Gasteiger partial charge on any atom is -0.422 e. The Balaban J connectivity index is 1.38. The van der Waals surface area contributed by atoms with Gasteiger partial charge in [0.2, 0.25) is 5.13 Å². The quantitative estimate of drug-likeness (QED) is 0.220. The van der Waals surface area contributed by atoms with Gasteiger partial charge in [0.25, 0.3) is 0 Å². The van der Waals surface area contributed by atoms with Crippen LogP contribution in [0.1, 0.15) is 0 Å². The summed E-state index contributed by atoms with van der Waals surface area (Å²) in [5.41, 5.74) is 1.73. The summed E-state index contributed by atoms with van der Waals surface area (Å²) in [4.78, 5) is 29.6. The van der Waals surface area contributed by atoms with Gasteiger partial charge in [-0.05, 0) is 54.6 Å². The Hall–Kier alpha value is -3.34. The highest BCUT2D eigenvalue weighted by molar-refractivity contribution is 9.10. The zero-order valence-electron chi connectivity index (χ0n) is 17.0. The molecule has 166 valence electrons. The summed E-state index contributed by atoms with van der Waals surface area (Å²) in [5, 5.41) is 8.40. The van der Waals surface area contributed by atoms with Crippen LogP contribution in [0, 0.1) is 0 Å². The van der Waals surface area contributed by atoms with E-state index >= 15 is 0 Å². The van der Waals surface area contributed by atoms with E-state index in [2.05, 4.69) is 41.9 Å². The molecule has 0 saturated carbocycles. The Morgan fingerprint density at radius 1 is 0.765 bits per heavy atom. The van der Waals surface area contributed by atoms with Crippen LogP contribution in [-0.4, -0.2) is 14.8 Å². The predicted octanol–water partition coefficient (Wildman–Crippen LogP) is 6.40. The maximum atomic E-state index is 12.5. The summed E-state index contributed by atoms with van der Waals surface area (Å²) < 4.78 is 14.2. The average molecular weight is 597 g/mol. The van der Waals surface area contributed by atoms with Crippen molar-refractivity contribution < 1.29 is 8.83 Å². The third kappa shape index (κ3) is 3.73. The largest absolute Gasteiger partial charge is 0.422 e. The Morgan fingerprint density at radius 2 is 1.35 bits per heavy atom. The molecular weight excluding hydrogens is 586 g/mol. The van der Waals surface area contributed by atoms with E-state index in [1.165, 1.54) is 11.3 Å². The van der Waals surface area contributed by atoms with Crippen molar-refractivity contribution in [2.45, 2.75) is 0 Å². The molecule has 0 aliphatic carbocycles. The molecule has 4 heterocycles. The van der Waals surface area contributed by atoms with Gasteiger partial charge in [0.05, 0.1) is 16.8 Å². The SMILES string of the molecule is O=c1oc2ccc(Br)cc2cc1-c1csc(-n2ccc(-c3cc4cc(Br)ccc4oc3=O)n2)n1. The van der Waals surface area contributed by atoms with Gasteiger partial charge >= 0.3 is 11.3 Å². The molecule has 7 nitrogen and oxygen atoms in total. The molecule has 0 fully saturated rings. The van der Waals surface area contributed by atoms with E-state index in [0.29, 0.717) is 38.8 Å². The molecule has 0 unspecified atom stereocenters. The first-order valence-electron chi connectivity index (χ1n) is 9.94. The van der Waals surface area contributed by atoms with E-state index in [-0.39, 0.29) is 0 Å². The highest BCUT2D eigenvalue weighted by Crippen LogP contribution is 2.27. The van der Waals surface area contributed by atoms with Crippen molar-refractivity contribution in [2.75, 3.05) is 0 Å². The van der Waals surface area contributed by atoms with Gasteiger partial charge in [-0.15, -0.1) is 11.3 Å². The second-order valence-electron chi connectivity index (χ2n) is 7.42. The third-order valence-corrected chi connectivity index (χ3v) is 7.03. The lowest BCUT2D eigenvalue weighted by atomic mass is 10.1. The second kappa shape index (κ2) is 8.15. The van der Waals surface area contributed by atoms with E-state index in [4.69, 9.17) is 8.83 Å². The number of benzene rings is 2. The molecule has 6 aromatic rings. The lowest BCUT2D eigenvalue weighted by molar-refractivity contribution is 0.562. The average Bonchev–Trinajstić information content (AvgIpc) is 3.49. The maximum Gasteiger partial charge on any atom is 0.345 e. The highest BCUT2D eigenvalue weighted by atomic mass is 79.9. The summed E-state index contributed by atoms with van der Waals surface area (Å²) in [6.07, 6.45) is 1.71. The molecule has 0 saturated heterocycles. The Bertz CT molecular complexity index is 1720. The zero-order chi connectivity index (χ0) is 23.4. The monoisotopic (exact) mass is 595 g/mol. The number of fused-ring (bicyclic) bond motifs is 2. The van der Waals surface area contributed by atoms with E-state index < -0.39 is 11.3 Å². The normalized spacial score (nSPS) is 11.5. The van der Waals surface area contributed by atoms with Gasteiger partial charge in [-0.1, -0.05) is 31.9 Å². The van der Waals surface area contributed by atoms with Crippen LogP contribution in [0.15, 0.2) is 93.5 Å². The van der Waals surface area contributed by atoms with Crippen molar-refractivity contribution in [1.29, 1.82) is 0 Å². The van der Waals surface area contributed by atoms with Crippen molar-refractivity contribution >= 4 is 65.1 Å². The molecule has 0 radical (unpaired) electrons. The van der Waals surface area contributed by atoms with Gasteiger partial charge in [-0.2, -0.15) is 5.10 Å². The predicted molar refractivity (Wildman–Crippen MR) is 138 cm³/mol. The van der Waals surface area contributed by atoms with Gasteiger partial charge in [0.1, 0.15) is 16.9 Å². The number of halogens is 2. The molecule has 4 aromatic heterocycles.